The largest absolute Gasteiger partial charge is 0.314 e. The van der Waals surface area contributed by atoms with Gasteiger partial charge in [0.15, 0.2) is 0 Å². The summed E-state index contributed by atoms with van der Waals surface area (Å²) in [5, 5.41) is 3.48. The average Bonchev–Trinajstić information content (AvgIpc) is 1.89. The Kier molecular flexibility index (Phi) is 7.04. The molecule has 0 spiro atoms. The summed E-state index contributed by atoms with van der Waals surface area (Å²) in [6.45, 7) is 7.92. The highest BCUT2D eigenvalue weighted by molar-refractivity contribution is 4.58. The van der Waals surface area contributed by atoms with Crippen LogP contribution in [0, 0.1) is 0 Å². The fourth-order valence-electron chi connectivity index (χ4n) is 1.06. The van der Waals surface area contributed by atoms with Crippen LogP contribution in [0.5, 0.6) is 0 Å². The van der Waals surface area contributed by atoms with Gasteiger partial charge in [-0.05, 0) is 26.3 Å². The standard InChI is InChI=1S/C9H21N/c1-4-6-8-10-9(3)7-5-2/h9-10H,4-8H2,1-3H3. The summed E-state index contributed by atoms with van der Waals surface area (Å²) in [7, 11) is 0. The highest BCUT2D eigenvalue weighted by Gasteiger charge is 1.96. The van der Waals surface area contributed by atoms with Crippen molar-refractivity contribution >= 4 is 0 Å². The fourth-order valence-corrected chi connectivity index (χ4v) is 1.06. The van der Waals surface area contributed by atoms with Crippen molar-refractivity contribution in [3.63, 3.8) is 0 Å². The molecule has 0 aromatic rings. The first-order valence-electron chi connectivity index (χ1n) is 4.54. The maximum atomic E-state index is 3.48. The van der Waals surface area contributed by atoms with Crippen LogP contribution in [0.1, 0.15) is 46.5 Å². The SMILES string of the molecule is CCCCNC(C)CCC. The normalized spacial score (nSPS) is 13.5. The van der Waals surface area contributed by atoms with E-state index >= 15 is 0 Å². The second-order valence-corrected chi connectivity index (χ2v) is 3.00. The molecule has 0 saturated carbocycles. The van der Waals surface area contributed by atoms with Gasteiger partial charge in [-0.15, -0.1) is 0 Å². The maximum Gasteiger partial charge on any atom is 0.00386 e. The second kappa shape index (κ2) is 7.07. The van der Waals surface area contributed by atoms with Crippen LogP contribution in [0.2, 0.25) is 0 Å². The minimum Gasteiger partial charge on any atom is -0.314 e. The van der Waals surface area contributed by atoms with Gasteiger partial charge in [-0.1, -0.05) is 26.7 Å². The van der Waals surface area contributed by atoms with Crippen molar-refractivity contribution in [1.82, 2.24) is 5.32 Å². The first kappa shape index (κ1) is 9.96. The zero-order valence-electron chi connectivity index (χ0n) is 7.61. The van der Waals surface area contributed by atoms with E-state index in [1.807, 2.05) is 0 Å². The lowest BCUT2D eigenvalue weighted by Crippen LogP contribution is -2.26. The molecule has 0 bridgehead atoms. The Labute approximate surface area is 65.2 Å². The Morgan fingerprint density at radius 2 is 1.90 bits per heavy atom. The van der Waals surface area contributed by atoms with Gasteiger partial charge in [-0.2, -0.15) is 0 Å². The predicted octanol–water partition coefficient (Wildman–Crippen LogP) is 2.56. The predicted molar refractivity (Wildman–Crippen MR) is 47.3 cm³/mol. The van der Waals surface area contributed by atoms with E-state index in [1.54, 1.807) is 0 Å². The lowest BCUT2D eigenvalue weighted by Gasteiger charge is -2.11. The molecule has 0 heterocycles. The molecule has 0 fully saturated rings. The highest BCUT2D eigenvalue weighted by Crippen LogP contribution is 1.94. The molecule has 0 aromatic carbocycles. The van der Waals surface area contributed by atoms with Crippen LogP contribution in [0.25, 0.3) is 0 Å². The maximum absolute atomic E-state index is 3.48. The van der Waals surface area contributed by atoms with Crippen molar-refractivity contribution < 1.29 is 0 Å². The number of nitrogens with one attached hydrogen (secondary N) is 1. The number of hydrogen-bond donors (Lipinski definition) is 1. The minimum absolute atomic E-state index is 0.719. The van der Waals surface area contributed by atoms with Gasteiger partial charge in [0.2, 0.25) is 0 Å². The fraction of sp³-hybridized carbons (Fsp3) is 1.00. The van der Waals surface area contributed by atoms with Crippen molar-refractivity contribution in [2.75, 3.05) is 6.54 Å². The van der Waals surface area contributed by atoms with E-state index in [1.165, 1.54) is 32.2 Å². The molecule has 0 saturated heterocycles. The molecular formula is C9H21N. The molecule has 1 unspecified atom stereocenters. The molecule has 0 aliphatic rings. The smallest absolute Gasteiger partial charge is 0.00386 e. The molecule has 10 heavy (non-hydrogen) atoms. The third kappa shape index (κ3) is 6.09. The van der Waals surface area contributed by atoms with E-state index in [9.17, 15) is 0 Å². The Balaban J connectivity index is 2.97. The summed E-state index contributed by atoms with van der Waals surface area (Å²) in [6.07, 6.45) is 5.21. The van der Waals surface area contributed by atoms with Gasteiger partial charge in [0.25, 0.3) is 0 Å². The van der Waals surface area contributed by atoms with Crippen LogP contribution in [-0.2, 0) is 0 Å². The Hall–Kier alpha value is -0.0400. The lowest BCUT2D eigenvalue weighted by atomic mass is 10.2. The quantitative estimate of drug-likeness (QED) is 0.563. The van der Waals surface area contributed by atoms with E-state index < -0.39 is 0 Å². The number of hydrogen-bond acceptors (Lipinski definition) is 1. The van der Waals surface area contributed by atoms with Crippen molar-refractivity contribution in [1.29, 1.82) is 0 Å². The third-order valence-corrected chi connectivity index (χ3v) is 1.74. The topological polar surface area (TPSA) is 12.0 Å². The van der Waals surface area contributed by atoms with E-state index in [-0.39, 0.29) is 0 Å². The van der Waals surface area contributed by atoms with E-state index in [0.29, 0.717) is 0 Å². The molecule has 62 valence electrons. The molecule has 0 amide bonds. The van der Waals surface area contributed by atoms with E-state index in [0.717, 1.165) is 6.04 Å². The van der Waals surface area contributed by atoms with Crippen molar-refractivity contribution in [2.24, 2.45) is 0 Å². The zero-order valence-corrected chi connectivity index (χ0v) is 7.61. The zero-order chi connectivity index (χ0) is 7.82. The van der Waals surface area contributed by atoms with Crippen LogP contribution in [0.15, 0.2) is 0 Å². The Morgan fingerprint density at radius 1 is 1.20 bits per heavy atom. The molecule has 0 rings (SSSR count). The Bertz CT molecular complexity index is 61.7. The molecule has 1 N–H and O–H groups in total. The first-order valence-corrected chi connectivity index (χ1v) is 4.54. The summed E-state index contributed by atoms with van der Waals surface area (Å²) >= 11 is 0. The van der Waals surface area contributed by atoms with Gasteiger partial charge < -0.3 is 5.32 Å². The van der Waals surface area contributed by atoms with Gasteiger partial charge in [0.05, 0.1) is 0 Å². The number of unbranched alkanes of at least 4 members (excludes halogenated alkanes) is 1. The van der Waals surface area contributed by atoms with Crippen LogP contribution < -0.4 is 5.32 Å². The average molecular weight is 143 g/mol. The van der Waals surface area contributed by atoms with Crippen molar-refractivity contribution in [2.45, 2.75) is 52.5 Å². The van der Waals surface area contributed by atoms with Gasteiger partial charge in [-0.25, -0.2) is 0 Å². The second-order valence-electron chi connectivity index (χ2n) is 3.00. The summed E-state index contributed by atoms with van der Waals surface area (Å²) < 4.78 is 0. The minimum atomic E-state index is 0.719. The number of rotatable bonds is 6. The van der Waals surface area contributed by atoms with Crippen LogP contribution in [0.4, 0.5) is 0 Å². The molecule has 0 aliphatic heterocycles. The van der Waals surface area contributed by atoms with Crippen LogP contribution >= 0.6 is 0 Å². The van der Waals surface area contributed by atoms with Crippen molar-refractivity contribution in [3.8, 4) is 0 Å². The summed E-state index contributed by atoms with van der Waals surface area (Å²) in [5.41, 5.74) is 0. The summed E-state index contributed by atoms with van der Waals surface area (Å²) in [4.78, 5) is 0. The molecule has 0 radical (unpaired) electrons. The highest BCUT2D eigenvalue weighted by atomic mass is 14.9. The van der Waals surface area contributed by atoms with Gasteiger partial charge in [0.1, 0.15) is 0 Å². The molecule has 1 atom stereocenters. The molecular weight excluding hydrogens is 122 g/mol. The first-order chi connectivity index (χ1) is 4.81. The van der Waals surface area contributed by atoms with Crippen LogP contribution in [0.3, 0.4) is 0 Å². The molecule has 0 aromatic heterocycles. The lowest BCUT2D eigenvalue weighted by molar-refractivity contribution is 0.499. The van der Waals surface area contributed by atoms with Crippen LogP contribution in [-0.4, -0.2) is 12.6 Å². The van der Waals surface area contributed by atoms with Gasteiger partial charge >= 0.3 is 0 Å². The monoisotopic (exact) mass is 143 g/mol. The third-order valence-electron chi connectivity index (χ3n) is 1.74. The molecule has 1 nitrogen and oxygen atoms in total. The van der Waals surface area contributed by atoms with Gasteiger partial charge in [0, 0.05) is 6.04 Å². The summed E-state index contributed by atoms with van der Waals surface area (Å²) in [6, 6.07) is 0.719. The van der Waals surface area contributed by atoms with Crippen molar-refractivity contribution in [3.05, 3.63) is 0 Å². The summed E-state index contributed by atoms with van der Waals surface area (Å²) in [5.74, 6) is 0. The molecule has 1 heteroatoms. The van der Waals surface area contributed by atoms with Gasteiger partial charge in [-0.3, -0.25) is 0 Å². The molecule has 0 aliphatic carbocycles. The Morgan fingerprint density at radius 3 is 2.40 bits per heavy atom. The van der Waals surface area contributed by atoms with E-state index in [2.05, 4.69) is 26.1 Å². The van der Waals surface area contributed by atoms with E-state index in [4.69, 9.17) is 0 Å².